The zero-order valence-electron chi connectivity index (χ0n) is 8.78. The Bertz CT molecular complexity index is 228. The van der Waals surface area contributed by atoms with Crippen molar-refractivity contribution in [3.63, 3.8) is 0 Å². The third-order valence-corrected chi connectivity index (χ3v) is 4.09. The fourth-order valence-electron chi connectivity index (χ4n) is 3.23. The summed E-state index contributed by atoms with van der Waals surface area (Å²) in [6.07, 6.45) is 9.96. The molecule has 0 spiro atoms. The molecule has 0 radical (unpaired) electrons. The number of nitrogens with one attached hydrogen (secondary N) is 1. The van der Waals surface area contributed by atoms with E-state index in [0.29, 0.717) is 0 Å². The van der Waals surface area contributed by atoms with Gasteiger partial charge in [-0.05, 0) is 44.7 Å². The van der Waals surface area contributed by atoms with Gasteiger partial charge < -0.3 is 10.2 Å². The lowest BCUT2D eigenvalue weighted by Crippen LogP contribution is -2.47. The smallest absolute Gasteiger partial charge is 0.0139 e. The van der Waals surface area contributed by atoms with Crippen molar-refractivity contribution in [1.29, 1.82) is 0 Å². The zero-order valence-corrected chi connectivity index (χ0v) is 8.78. The van der Waals surface area contributed by atoms with Crippen LogP contribution < -0.4 is 5.32 Å². The number of hydrogen-bond donors (Lipinski definition) is 1. The van der Waals surface area contributed by atoms with Crippen molar-refractivity contribution >= 4 is 0 Å². The molecule has 0 aromatic carbocycles. The van der Waals surface area contributed by atoms with Gasteiger partial charge in [0.05, 0.1) is 0 Å². The zero-order chi connectivity index (χ0) is 9.38. The molecular weight excluding hydrogens is 172 g/mol. The topological polar surface area (TPSA) is 15.3 Å². The molecule has 2 nitrogen and oxygen atoms in total. The van der Waals surface area contributed by atoms with Gasteiger partial charge in [0.25, 0.3) is 0 Å². The molecule has 2 bridgehead atoms. The van der Waals surface area contributed by atoms with Crippen molar-refractivity contribution in [2.24, 2.45) is 5.92 Å². The molecule has 78 valence electrons. The summed E-state index contributed by atoms with van der Waals surface area (Å²) in [4.78, 5) is 2.62. The van der Waals surface area contributed by atoms with Crippen molar-refractivity contribution in [2.75, 3.05) is 19.6 Å². The van der Waals surface area contributed by atoms with Crippen LogP contribution in [0.15, 0.2) is 12.2 Å². The van der Waals surface area contributed by atoms with Gasteiger partial charge in [0.2, 0.25) is 0 Å². The fourth-order valence-corrected chi connectivity index (χ4v) is 3.23. The molecular formula is C12H20N2. The predicted octanol–water partition coefficient (Wildman–Crippen LogP) is 1.39. The highest BCUT2D eigenvalue weighted by Gasteiger charge is 2.34. The van der Waals surface area contributed by atoms with E-state index in [-0.39, 0.29) is 0 Å². The van der Waals surface area contributed by atoms with Gasteiger partial charge in [-0.2, -0.15) is 0 Å². The average molecular weight is 192 g/mol. The van der Waals surface area contributed by atoms with E-state index in [9.17, 15) is 0 Å². The molecule has 3 unspecified atom stereocenters. The molecule has 1 N–H and O–H groups in total. The van der Waals surface area contributed by atoms with Crippen molar-refractivity contribution < 1.29 is 0 Å². The van der Waals surface area contributed by atoms with Crippen molar-refractivity contribution in [1.82, 2.24) is 10.2 Å². The Kier molecular flexibility index (Phi) is 2.34. The number of fused-ring (bicyclic) bond motifs is 2. The first-order valence-electron chi connectivity index (χ1n) is 6.05. The Morgan fingerprint density at radius 2 is 1.86 bits per heavy atom. The second kappa shape index (κ2) is 3.67. The van der Waals surface area contributed by atoms with Gasteiger partial charge >= 0.3 is 0 Å². The first-order valence-corrected chi connectivity index (χ1v) is 6.05. The molecule has 0 amide bonds. The molecule has 2 aliphatic heterocycles. The molecule has 3 aliphatic rings. The van der Waals surface area contributed by atoms with Crippen LogP contribution in [0.5, 0.6) is 0 Å². The van der Waals surface area contributed by atoms with Crippen LogP contribution in [-0.2, 0) is 0 Å². The minimum atomic E-state index is 0.757. The summed E-state index contributed by atoms with van der Waals surface area (Å²) in [7, 11) is 0. The molecule has 2 saturated heterocycles. The van der Waals surface area contributed by atoms with Crippen LogP contribution in [0.4, 0.5) is 0 Å². The lowest BCUT2D eigenvalue weighted by Gasteiger charge is -2.33. The van der Waals surface area contributed by atoms with E-state index in [1.807, 2.05) is 0 Å². The predicted molar refractivity (Wildman–Crippen MR) is 58.2 cm³/mol. The van der Waals surface area contributed by atoms with Crippen molar-refractivity contribution in [2.45, 2.75) is 37.8 Å². The Balaban J connectivity index is 1.56. The second-order valence-corrected chi connectivity index (χ2v) is 5.05. The highest BCUT2D eigenvalue weighted by molar-refractivity contribution is 5.00. The van der Waals surface area contributed by atoms with Crippen LogP contribution in [0.1, 0.15) is 25.7 Å². The maximum absolute atomic E-state index is 3.86. The van der Waals surface area contributed by atoms with Gasteiger partial charge in [-0.1, -0.05) is 12.2 Å². The summed E-state index contributed by atoms with van der Waals surface area (Å²) in [6.45, 7) is 4.04. The summed E-state index contributed by atoms with van der Waals surface area (Å²) in [6, 6.07) is 1.57. The van der Waals surface area contributed by atoms with Gasteiger partial charge in [0.1, 0.15) is 0 Å². The van der Waals surface area contributed by atoms with Crippen LogP contribution in [-0.4, -0.2) is 36.6 Å². The Labute approximate surface area is 86.4 Å². The van der Waals surface area contributed by atoms with E-state index >= 15 is 0 Å². The Hall–Kier alpha value is -0.340. The number of piperidine rings is 1. The Morgan fingerprint density at radius 3 is 2.71 bits per heavy atom. The summed E-state index contributed by atoms with van der Waals surface area (Å²) in [5.74, 6) is 0.948. The minimum absolute atomic E-state index is 0.757. The molecule has 0 saturated carbocycles. The van der Waals surface area contributed by atoms with E-state index in [1.54, 1.807) is 0 Å². The molecule has 0 aromatic heterocycles. The normalized spacial score (nSPS) is 42.1. The quantitative estimate of drug-likeness (QED) is 0.665. The third kappa shape index (κ3) is 1.61. The Morgan fingerprint density at radius 1 is 1.07 bits per heavy atom. The van der Waals surface area contributed by atoms with Crippen LogP contribution in [0.3, 0.4) is 0 Å². The molecule has 3 rings (SSSR count). The fraction of sp³-hybridized carbons (Fsp3) is 0.833. The lowest BCUT2D eigenvalue weighted by molar-refractivity contribution is 0.211. The van der Waals surface area contributed by atoms with Crippen LogP contribution in [0.25, 0.3) is 0 Å². The second-order valence-electron chi connectivity index (χ2n) is 5.05. The van der Waals surface area contributed by atoms with Crippen LogP contribution in [0, 0.1) is 5.92 Å². The maximum Gasteiger partial charge on any atom is 0.0139 e. The van der Waals surface area contributed by atoms with E-state index in [1.165, 1.54) is 45.3 Å². The van der Waals surface area contributed by atoms with Crippen LogP contribution in [0.2, 0.25) is 0 Å². The number of hydrogen-bond acceptors (Lipinski definition) is 2. The van der Waals surface area contributed by atoms with Crippen molar-refractivity contribution in [3.05, 3.63) is 12.2 Å². The average Bonchev–Trinajstić information content (AvgIpc) is 2.80. The lowest BCUT2D eigenvalue weighted by atomic mass is 9.93. The summed E-state index contributed by atoms with van der Waals surface area (Å²) >= 11 is 0. The van der Waals surface area contributed by atoms with E-state index in [0.717, 1.165) is 18.0 Å². The summed E-state index contributed by atoms with van der Waals surface area (Å²) in [5.41, 5.74) is 0. The van der Waals surface area contributed by atoms with Crippen molar-refractivity contribution in [3.8, 4) is 0 Å². The molecule has 1 aliphatic carbocycles. The first-order chi connectivity index (χ1) is 6.92. The number of rotatable bonds is 2. The monoisotopic (exact) mass is 192 g/mol. The molecule has 2 heterocycles. The highest BCUT2D eigenvalue weighted by Crippen LogP contribution is 2.28. The first kappa shape index (κ1) is 8.93. The highest BCUT2D eigenvalue weighted by atomic mass is 15.2. The molecule has 2 fully saturated rings. The van der Waals surface area contributed by atoms with Gasteiger partial charge in [-0.25, -0.2) is 0 Å². The molecule has 0 aromatic rings. The molecule has 2 heteroatoms. The number of nitrogens with zero attached hydrogens (tertiary/aromatic N) is 1. The van der Waals surface area contributed by atoms with Gasteiger partial charge in [0.15, 0.2) is 0 Å². The van der Waals surface area contributed by atoms with Crippen LogP contribution >= 0.6 is 0 Å². The van der Waals surface area contributed by atoms with E-state index in [4.69, 9.17) is 0 Å². The van der Waals surface area contributed by atoms with E-state index < -0.39 is 0 Å². The molecule has 3 atom stereocenters. The largest absolute Gasteiger partial charge is 0.310 e. The van der Waals surface area contributed by atoms with Gasteiger partial charge in [-0.15, -0.1) is 0 Å². The van der Waals surface area contributed by atoms with E-state index in [2.05, 4.69) is 22.4 Å². The van der Waals surface area contributed by atoms with Gasteiger partial charge in [0, 0.05) is 18.6 Å². The summed E-state index contributed by atoms with van der Waals surface area (Å²) in [5, 5.41) is 3.86. The third-order valence-electron chi connectivity index (χ3n) is 4.09. The standard InChI is InChI=1S/C12H20N2/c1-2-4-11(3-1)13-12-6-8-14-7-5-10(12)9-14/h1-2,10-13H,3-9H2. The minimum Gasteiger partial charge on any atom is -0.310 e. The molecule has 14 heavy (non-hydrogen) atoms. The summed E-state index contributed by atoms with van der Waals surface area (Å²) < 4.78 is 0. The SMILES string of the molecule is C1=CCC(NC2CCN3CCC2C3)C1. The maximum atomic E-state index is 3.86. The van der Waals surface area contributed by atoms with Gasteiger partial charge in [-0.3, -0.25) is 0 Å².